The van der Waals surface area contributed by atoms with Gasteiger partial charge in [-0.25, -0.2) is 0 Å². The molecule has 0 aromatic rings. The first-order valence-corrected chi connectivity index (χ1v) is 6.21. The fraction of sp³-hybridized carbons (Fsp3) is 0.714. The van der Waals surface area contributed by atoms with Gasteiger partial charge in [0.25, 0.3) is 0 Å². The molecule has 2 heteroatoms. The zero-order valence-electron chi connectivity index (χ0n) is 10.5. The Morgan fingerprint density at radius 2 is 2.12 bits per heavy atom. The van der Waals surface area contributed by atoms with E-state index in [1.165, 1.54) is 6.08 Å². The molecule has 0 radical (unpaired) electrons. The molecule has 0 saturated carbocycles. The van der Waals surface area contributed by atoms with Crippen LogP contribution in [0.2, 0.25) is 0 Å². The van der Waals surface area contributed by atoms with Gasteiger partial charge in [0.1, 0.15) is 0 Å². The number of allylic oxidation sites excluding steroid dienone is 1. The highest BCUT2D eigenvalue weighted by atomic mass is 16.1. The van der Waals surface area contributed by atoms with Crippen molar-refractivity contribution in [3.05, 3.63) is 12.7 Å². The highest BCUT2D eigenvalue weighted by Crippen LogP contribution is 2.27. The van der Waals surface area contributed by atoms with Crippen LogP contribution in [0.4, 0.5) is 0 Å². The number of hydrogen-bond donors (Lipinski definition) is 0. The van der Waals surface area contributed by atoms with Crippen molar-refractivity contribution >= 4 is 5.78 Å². The summed E-state index contributed by atoms with van der Waals surface area (Å²) in [5.41, 5.74) is 0. The van der Waals surface area contributed by atoms with Crippen LogP contribution in [0.5, 0.6) is 0 Å². The van der Waals surface area contributed by atoms with Gasteiger partial charge >= 0.3 is 0 Å². The van der Waals surface area contributed by atoms with Gasteiger partial charge in [0, 0.05) is 12.8 Å². The Morgan fingerprint density at radius 1 is 1.44 bits per heavy atom. The molecule has 0 aliphatic rings. The van der Waals surface area contributed by atoms with Crippen molar-refractivity contribution in [2.24, 2.45) is 11.8 Å². The number of carbonyl (C=O) groups excluding carboxylic acids is 1. The van der Waals surface area contributed by atoms with E-state index in [9.17, 15) is 4.79 Å². The third-order valence-corrected chi connectivity index (χ3v) is 3.16. The molecule has 0 fully saturated rings. The second-order valence-corrected chi connectivity index (χ2v) is 4.31. The minimum atomic E-state index is 0.109. The van der Waals surface area contributed by atoms with Gasteiger partial charge in [0.05, 0.1) is 6.07 Å². The highest BCUT2D eigenvalue weighted by Gasteiger charge is 2.21. The topological polar surface area (TPSA) is 40.9 Å². The predicted octanol–water partition coefficient (Wildman–Crippen LogP) is 3.88. The molecule has 0 aliphatic carbocycles. The summed E-state index contributed by atoms with van der Waals surface area (Å²) in [6.07, 6.45) is 6.83. The van der Waals surface area contributed by atoms with Crippen LogP contribution in [0.15, 0.2) is 12.7 Å². The maximum atomic E-state index is 11.4. The van der Waals surface area contributed by atoms with E-state index >= 15 is 0 Å². The predicted molar refractivity (Wildman–Crippen MR) is 66.8 cm³/mol. The summed E-state index contributed by atoms with van der Waals surface area (Å²) in [5, 5.41) is 8.78. The van der Waals surface area contributed by atoms with E-state index < -0.39 is 0 Å². The quantitative estimate of drug-likeness (QED) is 0.554. The van der Waals surface area contributed by atoms with Gasteiger partial charge in [-0.1, -0.05) is 39.7 Å². The number of ketones is 1. The monoisotopic (exact) mass is 221 g/mol. The van der Waals surface area contributed by atoms with Crippen molar-refractivity contribution in [1.29, 1.82) is 5.26 Å². The lowest BCUT2D eigenvalue weighted by atomic mass is 9.81. The molecule has 0 spiro atoms. The summed E-state index contributed by atoms with van der Waals surface area (Å²) in [5.74, 6) is 0.827. The molecular formula is C14H23NO. The summed E-state index contributed by atoms with van der Waals surface area (Å²) >= 11 is 0. The second-order valence-electron chi connectivity index (χ2n) is 4.31. The molecule has 0 saturated heterocycles. The molecule has 0 aromatic carbocycles. The van der Waals surface area contributed by atoms with Crippen LogP contribution in [0.3, 0.4) is 0 Å². The van der Waals surface area contributed by atoms with Crippen molar-refractivity contribution in [3.63, 3.8) is 0 Å². The molecule has 0 aliphatic heterocycles. The van der Waals surface area contributed by atoms with E-state index in [0.717, 1.165) is 25.7 Å². The number of nitriles is 1. The third-order valence-electron chi connectivity index (χ3n) is 3.16. The lowest BCUT2D eigenvalue weighted by Gasteiger charge is -2.23. The minimum Gasteiger partial charge on any atom is -0.295 e. The van der Waals surface area contributed by atoms with Crippen LogP contribution in [0, 0.1) is 23.2 Å². The average molecular weight is 221 g/mol. The van der Waals surface area contributed by atoms with Crippen LogP contribution in [0.1, 0.15) is 52.4 Å². The molecule has 16 heavy (non-hydrogen) atoms. The maximum absolute atomic E-state index is 11.4. The third kappa shape index (κ3) is 5.70. The number of hydrogen-bond acceptors (Lipinski definition) is 2. The molecule has 0 rings (SSSR count). The fourth-order valence-electron chi connectivity index (χ4n) is 2.07. The average Bonchev–Trinajstić information content (AvgIpc) is 2.31. The van der Waals surface area contributed by atoms with Gasteiger partial charge in [0.15, 0.2) is 5.78 Å². The van der Waals surface area contributed by atoms with Crippen molar-refractivity contribution in [3.8, 4) is 6.07 Å². The Bertz CT molecular complexity index is 252. The van der Waals surface area contributed by atoms with Gasteiger partial charge in [0.2, 0.25) is 0 Å². The summed E-state index contributed by atoms with van der Waals surface area (Å²) in [7, 11) is 0. The lowest BCUT2D eigenvalue weighted by Crippen LogP contribution is -2.17. The van der Waals surface area contributed by atoms with Crippen LogP contribution in [-0.2, 0) is 4.79 Å². The maximum Gasteiger partial charge on any atom is 0.155 e. The Kier molecular flexibility index (Phi) is 8.52. The number of rotatable bonds is 9. The van der Waals surface area contributed by atoms with Crippen molar-refractivity contribution in [2.75, 3.05) is 0 Å². The summed E-state index contributed by atoms with van der Waals surface area (Å²) in [6.45, 7) is 7.76. The second kappa shape index (κ2) is 9.15. The van der Waals surface area contributed by atoms with Crippen molar-refractivity contribution in [1.82, 2.24) is 0 Å². The van der Waals surface area contributed by atoms with E-state index in [1.807, 2.05) is 0 Å². The first kappa shape index (κ1) is 14.9. The Balaban J connectivity index is 4.42. The van der Waals surface area contributed by atoms with Crippen molar-refractivity contribution in [2.45, 2.75) is 52.4 Å². The standard InChI is InChI=1S/C14H23NO/c1-4-7-8-13(11-14(16)6-3)12(5-2)9-10-15/h6,12-13H,3-5,7-9,11H2,1-2H3. The molecule has 2 unspecified atom stereocenters. The molecule has 0 heterocycles. The molecule has 0 bridgehead atoms. The molecule has 2 nitrogen and oxygen atoms in total. The van der Waals surface area contributed by atoms with Crippen LogP contribution < -0.4 is 0 Å². The van der Waals surface area contributed by atoms with E-state index in [1.54, 1.807) is 0 Å². The Labute approximate surface area is 99.3 Å². The number of nitrogens with zero attached hydrogens (tertiary/aromatic N) is 1. The smallest absolute Gasteiger partial charge is 0.155 e. The Morgan fingerprint density at radius 3 is 2.56 bits per heavy atom. The molecule has 0 amide bonds. The number of unbranched alkanes of at least 4 members (excludes halogenated alkanes) is 1. The van der Waals surface area contributed by atoms with Gasteiger partial charge in [-0.15, -0.1) is 0 Å². The SMILES string of the molecule is C=CC(=O)CC(CCCC)C(CC)CC#N. The first-order valence-electron chi connectivity index (χ1n) is 6.21. The highest BCUT2D eigenvalue weighted by molar-refractivity contribution is 5.89. The van der Waals surface area contributed by atoms with Crippen molar-refractivity contribution < 1.29 is 4.79 Å². The minimum absolute atomic E-state index is 0.109. The van der Waals surface area contributed by atoms with Gasteiger partial charge in [-0.05, 0) is 24.3 Å². The fourth-order valence-corrected chi connectivity index (χ4v) is 2.07. The van der Waals surface area contributed by atoms with E-state index in [2.05, 4.69) is 26.5 Å². The zero-order valence-corrected chi connectivity index (χ0v) is 10.5. The summed E-state index contributed by atoms with van der Waals surface area (Å²) < 4.78 is 0. The van der Waals surface area contributed by atoms with Gasteiger partial charge < -0.3 is 0 Å². The number of carbonyl (C=O) groups is 1. The van der Waals surface area contributed by atoms with Crippen LogP contribution in [-0.4, -0.2) is 5.78 Å². The molecular weight excluding hydrogens is 198 g/mol. The Hall–Kier alpha value is -1.10. The molecule has 2 atom stereocenters. The van der Waals surface area contributed by atoms with Crippen LogP contribution in [0.25, 0.3) is 0 Å². The lowest BCUT2D eigenvalue weighted by molar-refractivity contribution is -0.115. The van der Waals surface area contributed by atoms with Gasteiger partial charge in [-0.2, -0.15) is 5.26 Å². The zero-order chi connectivity index (χ0) is 12.4. The summed E-state index contributed by atoms with van der Waals surface area (Å²) in [6, 6.07) is 2.23. The van der Waals surface area contributed by atoms with Gasteiger partial charge in [-0.3, -0.25) is 4.79 Å². The summed E-state index contributed by atoms with van der Waals surface area (Å²) in [4.78, 5) is 11.4. The van der Waals surface area contributed by atoms with E-state index in [0.29, 0.717) is 24.7 Å². The van der Waals surface area contributed by atoms with Crippen LogP contribution >= 0.6 is 0 Å². The largest absolute Gasteiger partial charge is 0.295 e. The first-order chi connectivity index (χ1) is 7.69. The molecule has 90 valence electrons. The van der Waals surface area contributed by atoms with E-state index in [-0.39, 0.29) is 5.78 Å². The molecule has 0 N–H and O–H groups in total. The molecule has 0 aromatic heterocycles. The van der Waals surface area contributed by atoms with E-state index in [4.69, 9.17) is 5.26 Å². The normalized spacial score (nSPS) is 13.8.